The van der Waals surface area contributed by atoms with Crippen molar-refractivity contribution in [3.63, 3.8) is 0 Å². The first kappa shape index (κ1) is 13.8. The topological polar surface area (TPSA) is 49.4 Å². The molecule has 1 N–H and O–H groups in total. The average molecular weight is 256 g/mol. The zero-order valence-electron chi connectivity index (χ0n) is 9.70. The molecule has 0 amide bonds. The highest BCUT2D eigenvalue weighted by Crippen LogP contribution is 2.28. The van der Waals surface area contributed by atoms with Crippen LogP contribution in [0.2, 0.25) is 0 Å². The van der Waals surface area contributed by atoms with Crippen LogP contribution in [0.15, 0.2) is 0 Å². The fourth-order valence-corrected chi connectivity index (χ4v) is 2.62. The maximum Gasteiger partial charge on any atom is 0.276 e. The molecule has 1 atom stereocenters. The summed E-state index contributed by atoms with van der Waals surface area (Å²) in [7, 11) is -3.58. The molecule has 0 aromatic rings. The summed E-state index contributed by atoms with van der Waals surface area (Å²) in [5.74, 6) is -3.01. The molecule has 0 aromatic heterocycles. The summed E-state index contributed by atoms with van der Waals surface area (Å²) >= 11 is 0. The summed E-state index contributed by atoms with van der Waals surface area (Å²) in [6, 6.07) is -1.23. The van der Waals surface area contributed by atoms with Crippen LogP contribution < -0.4 is 4.72 Å². The van der Waals surface area contributed by atoms with Gasteiger partial charge in [-0.1, -0.05) is 0 Å². The predicted molar refractivity (Wildman–Crippen MR) is 58.0 cm³/mol. The van der Waals surface area contributed by atoms with Crippen LogP contribution in [0.25, 0.3) is 0 Å². The van der Waals surface area contributed by atoms with Crippen LogP contribution in [-0.4, -0.2) is 50.7 Å². The first-order valence-electron chi connectivity index (χ1n) is 5.21. The molecule has 1 fully saturated rings. The van der Waals surface area contributed by atoms with E-state index in [4.69, 9.17) is 0 Å². The van der Waals surface area contributed by atoms with Gasteiger partial charge in [-0.3, -0.25) is 4.90 Å². The molecule has 1 aliphatic heterocycles. The number of hydrogen-bond donors (Lipinski definition) is 1. The number of hydrogen-bond acceptors (Lipinski definition) is 3. The highest BCUT2D eigenvalue weighted by atomic mass is 32.2. The van der Waals surface area contributed by atoms with Gasteiger partial charge >= 0.3 is 0 Å². The van der Waals surface area contributed by atoms with Gasteiger partial charge in [0.2, 0.25) is 10.0 Å². The Labute approximate surface area is 95.1 Å². The molecule has 1 heterocycles. The molecule has 1 saturated heterocycles. The van der Waals surface area contributed by atoms with Crippen molar-refractivity contribution in [2.75, 3.05) is 19.3 Å². The molecule has 0 aromatic carbocycles. The zero-order valence-corrected chi connectivity index (χ0v) is 10.5. The van der Waals surface area contributed by atoms with Gasteiger partial charge in [-0.05, 0) is 20.3 Å². The maximum absolute atomic E-state index is 13.6. The van der Waals surface area contributed by atoms with E-state index in [0.717, 1.165) is 6.26 Å². The summed E-state index contributed by atoms with van der Waals surface area (Å²) in [6.45, 7) is 3.79. The number of likely N-dealkylation sites (tertiary alicyclic amines) is 1. The van der Waals surface area contributed by atoms with E-state index < -0.39 is 28.5 Å². The Balaban J connectivity index is 2.71. The Morgan fingerprint density at radius 2 is 2.00 bits per heavy atom. The molecule has 7 heteroatoms. The van der Waals surface area contributed by atoms with E-state index in [9.17, 15) is 17.2 Å². The van der Waals surface area contributed by atoms with Crippen LogP contribution >= 0.6 is 0 Å². The zero-order chi connectivity index (χ0) is 12.6. The number of nitrogens with zero attached hydrogens (tertiary/aromatic N) is 1. The van der Waals surface area contributed by atoms with Gasteiger partial charge < -0.3 is 0 Å². The van der Waals surface area contributed by atoms with Crippen LogP contribution in [0.4, 0.5) is 8.78 Å². The number of rotatable bonds is 3. The maximum atomic E-state index is 13.6. The molecule has 4 nitrogen and oxygen atoms in total. The molecule has 0 spiro atoms. The van der Waals surface area contributed by atoms with Crippen LogP contribution in [0, 0.1) is 0 Å². The molecule has 96 valence electrons. The lowest BCUT2D eigenvalue weighted by Crippen LogP contribution is -2.59. The Kier molecular flexibility index (Phi) is 3.91. The lowest BCUT2D eigenvalue weighted by Gasteiger charge is -2.40. The van der Waals surface area contributed by atoms with Crippen LogP contribution in [0.1, 0.15) is 20.3 Å². The summed E-state index contributed by atoms with van der Waals surface area (Å²) < 4.78 is 51.2. The highest BCUT2D eigenvalue weighted by molar-refractivity contribution is 7.88. The number of alkyl halides is 2. The molecule has 1 unspecified atom stereocenters. The minimum atomic E-state index is -3.58. The Morgan fingerprint density at radius 3 is 2.38 bits per heavy atom. The van der Waals surface area contributed by atoms with Gasteiger partial charge in [-0.2, -0.15) is 0 Å². The van der Waals surface area contributed by atoms with Crippen molar-refractivity contribution in [1.29, 1.82) is 0 Å². The second-order valence-corrected chi connectivity index (χ2v) is 6.34. The molecule has 0 aliphatic carbocycles. The van der Waals surface area contributed by atoms with Gasteiger partial charge in [0.25, 0.3) is 5.92 Å². The van der Waals surface area contributed by atoms with Crippen LogP contribution in [0.3, 0.4) is 0 Å². The third-order valence-electron chi connectivity index (χ3n) is 2.72. The Bertz CT molecular complexity index is 343. The van der Waals surface area contributed by atoms with Crippen molar-refractivity contribution in [2.45, 2.75) is 38.3 Å². The average Bonchev–Trinajstić information content (AvgIpc) is 2.05. The summed E-state index contributed by atoms with van der Waals surface area (Å²) in [4.78, 5) is 1.65. The Morgan fingerprint density at radius 1 is 1.44 bits per heavy atom. The molecular weight excluding hydrogens is 238 g/mol. The van der Waals surface area contributed by atoms with E-state index >= 15 is 0 Å². The SMILES string of the molecule is CC(C)N1CCC(NS(C)(=O)=O)C(F)(F)C1. The Hall–Kier alpha value is -0.270. The number of halogens is 2. The number of nitrogens with one attached hydrogen (secondary N) is 1. The van der Waals surface area contributed by atoms with Crippen molar-refractivity contribution >= 4 is 10.0 Å². The van der Waals surface area contributed by atoms with Crippen LogP contribution in [0.5, 0.6) is 0 Å². The van der Waals surface area contributed by atoms with E-state index in [1.807, 2.05) is 18.6 Å². The molecular formula is C9H18F2N2O2S. The standard InChI is InChI=1S/C9H18F2N2O2S/c1-7(2)13-5-4-8(9(10,11)6-13)12-16(3,14)15/h7-8,12H,4-6H2,1-3H3. The monoisotopic (exact) mass is 256 g/mol. The second kappa shape index (κ2) is 4.54. The van der Waals surface area contributed by atoms with Crippen molar-refractivity contribution in [3.8, 4) is 0 Å². The number of sulfonamides is 1. The highest BCUT2D eigenvalue weighted by Gasteiger charge is 2.46. The van der Waals surface area contributed by atoms with Gasteiger partial charge in [0.15, 0.2) is 0 Å². The van der Waals surface area contributed by atoms with Crippen LogP contribution in [-0.2, 0) is 10.0 Å². The van der Waals surface area contributed by atoms with E-state index in [1.165, 1.54) is 0 Å². The van der Waals surface area contributed by atoms with Crippen molar-refractivity contribution in [1.82, 2.24) is 9.62 Å². The molecule has 0 radical (unpaired) electrons. The first-order chi connectivity index (χ1) is 7.12. The summed E-state index contributed by atoms with van der Waals surface area (Å²) in [5, 5.41) is 0. The van der Waals surface area contributed by atoms with Gasteiger partial charge in [0.05, 0.1) is 18.8 Å². The van der Waals surface area contributed by atoms with Crippen molar-refractivity contribution in [2.24, 2.45) is 0 Å². The minimum Gasteiger partial charge on any atom is -0.295 e. The van der Waals surface area contributed by atoms with Gasteiger partial charge in [0, 0.05) is 12.6 Å². The quantitative estimate of drug-likeness (QED) is 0.806. The van der Waals surface area contributed by atoms with Gasteiger partial charge in [-0.25, -0.2) is 21.9 Å². The normalized spacial score (nSPS) is 27.2. The van der Waals surface area contributed by atoms with Gasteiger partial charge in [-0.15, -0.1) is 0 Å². The fourth-order valence-electron chi connectivity index (χ4n) is 1.81. The molecule has 1 aliphatic rings. The van der Waals surface area contributed by atoms with E-state index in [2.05, 4.69) is 0 Å². The molecule has 1 rings (SSSR count). The minimum absolute atomic E-state index is 0.0464. The third-order valence-corrected chi connectivity index (χ3v) is 3.43. The second-order valence-electron chi connectivity index (χ2n) is 4.56. The van der Waals surface area contributed by atoms with E-state index in [0.29, 0.717) is 6.54 Å². The van der Waals surface area contributed by atoms with Crippen molar-refractivity contribution < 1.29 is 17.2 Å². The lowest BCUT2D eigenvalue weighted by molar-refractivity contribution is -0.0910. The fraction of sp³-hybridized carbons (Fsp3) is 1.00. The summed E-state index contributed by atoms with van der Waals surface area (Å²) in [6.07, 6.45) is 1.04. The van der Waals surface area contributed by atoms with E-state index in [1.54, 1.807) is 4.90 Å². The molecule has 16 heavy (non-hydrogen) atoms. The van der Waals surface area contributed by atoms with Gasteiger partial charge in [0.1, 0.15) is 0 Å². The third kappa shape index (κ3) is 3.64. The van der Waals surface area contributed by atoms with E-state index in [-0.39, 0.29) is 12.5 Å². The van der Waals surface area contributed by atoms with Crippen molar-refractivity contribution in [3.05, 3.63) is 0 Å². The molecule has 0 bridgehead atoms. The predicted octanol–water partition coefficient (Wildman–Crippen LogP) is 0.654. The first-order valence-corrected chi connectivity index (χ1v) is 7.10. The smallest absolute Gasteiger partial charge is 0.276 e. The summed E-state index contributed by atoms with van der Waals surface area (Å²) in [5.41, 5.74) is 0. The number of piperidine rings is 1. The molecule has 0 saturated carbocycles. The lowest BCUT2D eigenvalue weighted by atomic mass is 10.0. The largest absolute Gasteiger partial charge is 0.295 e.